The summed E-state index contributed by atoms with van der Waals surface area (Å²) in [6, 6.07) is 37.1. The van der Waals surface area contributed by atoms with Gasteiger partial charge in [0.15, 0.2) is 0 Å². The molecular formula is C29H25N. The Balaban J connectivity index is 1.34. The van der Waals surface area contributed by atoms with Crippen molar-refractivity contribution in [1.29, 1.82) is 0 Å². The minimum absolute atomic E-state index is 0.272. The second kappa shape index (κ2) is 8.12. The Hall–Kier alpha value is -3.45. The van der Waals surface area contributed by atoms with Crippen LogP contribution in [0.5, 0.6) is 0 Å². The highest BCUT2D eigenvalue weighted by atomic mass is 14.8. The standard InChI is InChI=1S/C29H25N/c1-21-7-5-6-10-27(21)29-20-19-28(30-29)26-17-15-25(16-18-26)24-13-11-23(12-14-24)22-8-3-2-4-9-22/h2-18,28H,19-20H2,1H3. The summed E-state index contributed by atoms with van der Waals surface area (Å²) in [7, 11) is 0. The highest BCUT2D eigenvalue weighted by Crippen LogP contribution is 2.33. The summed E-state index contributed by atoms with van der Waals surface area (Å²) < 4.78 is 0. The highest BCUT2D eigenvalue weighted by molar-refractivity contribution is 6.02. The van der Waals surface area contributed by atoms with Gasteiger partial charge >= 0.3 is 0 Å². The summed E-state index contributed by atoms with van der Waals surface area (Å²) >= 11 is 0. The maximum atomic E-state index is 5.05. The predicted octanol–water partition coefficient (Wildman–Crippen LogP) is 7.65. The first-order chi connectivity index (χ1) is 14.8. The summed E-state index contributed by atoms with van der Waals surface area (Å²) in [5, 5.41) is 0. The molecule has 1 aliphatic rings. The molecule has 1 unspecified atom stereocenters. The zero-order valence-corrected chi connectivity index (χ0v) is 17.3. The number of hydrogen-bond donors (Lipinski definition) is 0. The zero-order chi connectivity index (χ0) is 20.3. The first kappa shape index (κ1) is 18.6. The Labute approximate surface area is 178 Å². The molecule has 0 spiro atoms. The second-order valence-electron chi connectivity index (χ2n) is 8.01. The number of benzene rings is 4. The Morgan fingerprint density at radius 1 is 0.600 bits per heavy atom. The van der Waals surface area contributed by atoms with Gasteiger partial charge in [0.2, 0.25) is 0 Å². The number of rotatable bonds is 4. The Bertz CT molecular complexity index is 1170. The molecule has 0 saturated carbocycles. The van der Waals surface area contributed by atoms with Crippen LogP contribution in [0.3, 0.4) is 0 Å². The Kier molecular flexibility index (Phi) is 5.03. The van der Waals surface area contributed by atoms with Gasteiger partial charge in [0.25, 0.3) is 0 Å². The fraction of sp³-hybridized carbons (Fsp3) is 0.138. The molecule has 0 bridgehead atoms. The van der Waals surface area contributed by atoms with Gasteiger partial charge in [-0.25, -0.2) is 0 Å². The summed E-state index contributed by atoms with van der Waals surface area (Å²) in [4.78, 5) is 5.05. The fourth-order valence-electron chi connectivity index (χ4n) is 4.32. The molecule has 1 atom stereocenters. The van der Waals surface area contributed by atoms with E-state index in [1.54, 1.807) is 0 Å². The van der Waals surface area contributed by atoms with E-state index in [4.69, 9.17) is 4.99 Å². The van der Waals surface area contributed by atoms with Gasteiger partial charge in [0.1, 0.15) is 0 Å². The zero-order valence-electron chi connectivity index (χ0n) is 17.3. The van der Waals surface area contributed by atoms with Crippen molar-refractivity contribution in [2.24, 2.45) is 4.99 Å². The summed E-state index contributed by atoms with van der Waals surface area (Å²) in [6.45, 7) is 2.17. The van der Waals surface area contributed by atoms with Gasteiger partial charge < -0.3 is 0 Å². The van der Waals surface area contributed by atoms with Crippen LogP contribution in [-0.4, -0.2) is 5.71 Å². The van der Waals surface area contributed by atoms with Gasteiger partial charge in [-0.2, -0.15) is 0 Å². The first-order valence-electron chi connectivity index (χ1n) is 10.7. The number of nitrogens with zero attached hydrogens (tertiary/aromatic N) is 1. The molecule has 0 saturated heterocycles. The van der Waals surface area contributed by atoms with Crippen LogP contribution in [0.1, 0.15) is 35.6 Å². The maximum absolute atomic E-state index is 5.05. The van der Waals surface area contributed by atoms with Crippen molar-refractivity contribution in [2.75, 3.05) is 0 Å². The summed E-state index contributed by atoms with van der Waals surface area (Å²) in [6.07, 6.45) is 2.15. The molecule has 146 valence electrons. The third kappa shape index (κ3) is 3.71. The SMILES string of the molecule is Cc1ccccc1C1=NC(c2ccc(-c3ccc(-c4ccccc4)cc3)cc2)CC1. The monoisotopic (exact) mass is 387 g/mol. The molecule has 0 aromatic heterocycles. The molecule has 30 heavy (non-hydrogen) atoms. The van der Waals surface area contributed by atoms with Crippen LogP contribution in [0.4, 0.5) is 0 Å². The lowest BCUT2D eigenvalue weighted by Gasteiger charge is -2.09. The van der Waals surface area contributed by atoms with E-state index in [2.05, 4.69) is 110 Å². The van der Waals surface area contributed by atoms with Crippen molar-refractivity contribution >= 4 is 5.71 Å². The topological polar surface area (TPSA) is 12.4 Å². The van der Waals surface area contributed by atoms with E-state index >= 15 is 0 Å². The summed E-state index contributed by atoms with van der Waals surface area (Å²) in [5.74, 6) is 0. The number of aliphatic imine (C=N–C) groups is 1. The number of aryl methyl sites for hydroxylation is 1. The number of hydrogen-bond acceptors (Lipinski definition) is 1. The van der Waals surface area contributed by atoms with Crippen LogP contribution >= 0.6 is 0 Å². The molecular weight excluding hydrogens is 362 g/mol. The van der Waals surface area contributed by atoms with E-state index in [0.29, 0.717) is 0 Å². The van der Waals surface area contributed by atoms with Crippen LogP contribution in [-0.2, 0) is 0 Å². The lowest BCUT2D eigenvalue weighted by atomic mass is 9.97. The lowest BCUT2D eigenvalue weighted by Crippen LogP contribution is -1.98. The van der Waals surface area contributed by atoms with Crippen molar-refractivity contribution in [3.63, 3.8) is 0 Å². The van der Waals surface area contributed by atoms with Gasteiger partial charge in [-0.05, 0) is 58.7 Å². The van der Waals surface area contributed by atoms with Gasteiger partial charge in [0, 0.05) is 5.71 Å². The molecule has 0 aliphatic carbocycles. The highest BCUT2D eigenvalue weighted by Gasteiger charge is 2.21. The third-order valence-corrected chi connectivity index (χ3v) is 6.04. The predicted molar refractivity (Wildman–Crippen MR) is 127 cm³/mol. The van der Waals surface area contributed by atoms with Crippen LogP contribution in [0.2, 0.25) is 0 Å². The molecule has 0 radical (unpaired) electrons. The maximum Gasteiger partial charge on any atom is 0.0756 e. The van der Waals surface area contributed by atoms with E-state index < -0.39 is 0 Å². The van der Waals surface area contributed by atoms with Crippen LogP contribution in [0, 0.1) is 6.92 Å². The Morgan fingerprint density at radius 3 is 1.77 bits per heavy atom. The van der Waals surface area contributed by atoms with E-state index in [0.717, 1.165) is 12.8 Å². The van der Waals surface area contributed by atoms with Crippen molar-refractivity contribution < 1.29 is 0 Å². The fourth-order valence-corrected chi connectivity index (χ4v) is 4.32. The molecule has 1 heteroatoms. The van der Waals surface area contributed by atoms with E-state index in [1.807, 2.05) is 0 Å². The molecule has 1 aliphatic heterocycles. The van der Waals surface area contributed by atoms with Gasteiger partial charge in [-0.1, -0.05) is 103 Å². The molecule has 0 amide bonds. The summed E-state index contributed by atoms with van der Waals surface area (Å²) in [5.41, 5.74) is 10.2. The molecule has 0 fully saturated rings. The Morgan fingerprint density at radius 2 is 1.13 bits per heavy atom. The van der Waals surface area contributed by atoms with Crippen LogP contribution in [0.15, 0.2) is 108 Å². The van der Waals surface area contributed by atoms with Gasteiger partial charge in [-0.3, -0.25) is 4.99 Å². The van der Waals surface area contributed by atoms with Gasteiger partial charge in [0.05, 0.1) is 6.04 Å². The molecule has 0 N–H and O–H groups in total. The molecule has 5 rings (SSSR count). The third-order valence-electron chi connectivity index (χ3n) is 6.04. The molecule has 4 aromatic carbocycles. The van der Waals surface area contributed by atoms with E-state index in [-0.39, 0.29) is 6.04 Å². The second-order valence-corrected chi connectivity index (χ2v) is 8.01. The normalized spacial score (nSPS) is 15.8. The van der Waals surface area contributed by atoms with E-state index in [9.17, 15) is 0 Å². The minimum atomic E-state index is 0.272. The van der Waals surface area contributed by atoms with Crippen molar-refractivity contribution in [2.45, 2.75) is 25.8 Å². The van der Waals surface area contributed by atoms with Crippen molar-refractivity contribution in [1.82, 2.24) is 0 Å². The smallest absolute Gasteiger partial charge is 0.0756 e. The van der Waals surface area contributed by atoms with Gasteiger partial charge in [-0.15, -0.1) is 0 Å². The molecule has 1 nitrogen and oxygen atoms in total. The lowest BCUT2D eigenvalue weighted by molar-refractivity contribution is 0.723. The first-order valence-corrected chi connectivity index (χ1v) is 10.7. The van der Waals surface area contributed by atoms with Crippen molar-refractivity contribution in [3.8, 4) is 22.3 Å². The van der Waals surface area contributed by atoms with Crippen LogP contribution < -0.4 is 0 Å². The average molecular weight is 388 g/mol. The largest absolute Gasteiger partial charge is 0.281 e. The average Bonchev–Trinajstić information content (AvgIpc) is 3.30. The van der Waals surface area contributed by atoms with Crippen LogP contribution in [0.25, 0.3) is 22.3 Å². The van der Waals surface area contributed by atoms with E-state index in [1.165, 1.54) is 44.7 Å². The molecule has 4 aromatic rings. The molecule has 1 heterocycles. The minimum Gasteiger partial charge on any atom is -0.281 e. The van der Waals surface area contributed by atoms with Crippen molar-refractivity contribution in [3.05, 3.63) is 120 Å². The quantitative estimate of drug-likeness (QED) is 0.341.